The molecule has 0 aromatic heterocycles. The molecule has 1 amide bonds. The molecule has 1 unspecified atom stereocenters. The quantitative estimate of drug-likeness (QED) is 0.850. The number of hydrogen-bond donors (Lipinski definition) is 2. The molecule has 0 heterocycles. The summed E-state index contributed by atoms with van der Waals surface area (Å²) in [7, 11) is 0. The number of hydrogen-bond acceptors (Lipinski definition) is 3. The predicted molar refractivity (Wildman–Crippen MR) is 86.6 cm³/mol. The maximum Gasteiger partial charge on any atom is 0.408 e. The van der Waals surface area contributed by atoms with E-state index >= 15 is 0 Å². The van der Waals surface area contributed by atoms with E-state index in [9.17, 15) is 14.7 Å². The predicted octanol–water partition coefficient (Wildman–Crippen LogP) is 4.05. The lowest BCUT2D eigenvalue weighted by Gasteiger charge is -2.16. The topological polar surface area (TPSA) is 75.6 Å². The van der Waals surface area contributed by atoms with Gasteiger partial charge < -0.3 is 15.2 Å². The number of alkyl carbamates (subject to hydrolysis) is 1. The lowest BCUT2D eigenvalue weighted by atomic mass is 10.1. The van der Waals surface area contributed by atoms with Gasteiger partial charge in [0.15, 0.2) is 6.04 Å². The average Bonchev–Trinajstić information content (AvgIpc) is 2.54. The fraction of sp³-hybridized carbons (Fsp3) is 0.125. The molecule has 2 rings (SSSR count). The normalized spacial score (nSPS) is 11.6. The molecule has 0 saturated carbocycles. The van der Waals surface area contributed by atoms with E-state index in [0.29, 0.717) is 5.02 Å². The molecule has 0 aliphatic rings. The third-order valence-electron chi connectivity index (χ3n) is 2.99. The van der Waals surface area contributed by atoms with Crippen molar-refractivity contribution >= 4 is 35.3 Å². The zero-order valence-electron chi connectivity index (χ0n) is 11.8. The number of carbonyl (C=O) groups is 2. The standard InChI is InChI=1S/C16H13Cl2NO4/c17-11-6-7-13(18)12(8-11)14(15(20)21)19-16(22)23-9-10-4-2-1-3-5-10/h1-8,14H,9H2,(H,19,22)(H,20,21). The Labute approximate surface area is 142 Å². The third-order valence-corrected chi connectivity index (χ3v) is 3.57. The second kappa shape index (κ2) is 7.85. The minimum Gasteiger partial charge on any atom is -0.479 e. The second-order valence-corrected chi connectivity index (χ2v) is 5.49. The first-order chi connectivity index (χ1) is 11.0. The molecule has 0 bridgehead atoms. The van der Waals surface area contributed by atoms with Gasteiger partial charge in [0.05, 0.1) is 0 Å². The maximum atomic E-state index is 11.8. The van der Waals surface area contributed by atoms with Crippen LogP contribution in [-0.2, 0) is 16.1 Å². The number of aliphatic carboxylic acids is 1. The summed E-state index contributed by atoms with van der Waals surface area (Å²) >= 11 is 11.8. The molecule has 0 aliphatic heterocycles. The lowest BCUT2D eigenvalue weighted by Crippen LogP contribution is -2.34. The molecule has 5 nitrogen and oxygen atoms in total. The van der Waals surface area contributed by atoms with Crippen LogP contribution >= 0.6 is 23.2 Å². The van der Waals surface area contributed by atoms with Gasteiger partial charge in [-0.3, -0.25) is 0 Å². The molecule has 1 atom stereocenters. The van der Waals surface area contributed by atoms with Gasteiger partial charge in [0.1, 0.15) is 6.61 Å². The Balaban J connectivity index is 2.06. The van der Waals surface area contributed by atoms with E-state index in [0.717, 1.165) is 5.56 Å². The number of nitrogens with one attached hydrogen (secondary N) is 1. The highest BCUT2D eigenvalue weighted by molar-refractivity contribution is 6.33. The first kappa shape index (κ1) is 17.1. The monoisotopic (exact) mass is 353 g/mol. The van der Waals surface area contributed by atoms with E-state index in [1.165, 1.54) is 18.2 Å². The number of rotatable bonds is 5. The number of amides is 1. The summed E-state index contributed by atoms with van der Waals surface area (Å²) < 4.78 is 5.01. The highest BCUT2D eigenvalue weighted by Gasteiger charge is 2.25. The number of carboxylic acids is 1. The van der Waals surface area contributed by atoms with E-state index in [2.05, 4.69) is 5.32 Å². The summed E-state index contributed by atoms with van der Waals surface area (Å²) in [5.74, 6) is -1.27. The minimum atomic E-state index is -1.36. The fourth-order valence-electron chi connectivity index (χ4n) is 1.89. The van der Waals surface area contributed by atoms with Gasteiger partial charge in [-0.25, -0.2) is 9.59 Å². The van der Waals surface area contributed by atoms with Crippen molar-refractivity contribution < 1.29 is 19.4 Å². The zero-order valence-corrected chi connectivity index (χ0v) is 13.3. The molecule has 120 valence electrons. The molecule has 2 aromatic rings. The first-order valence-electron chi connectivity index (χ1n) is 6.62. The largest absolute Gasteiger partial charge is 0.479 e. The lowest BCUT2D eigenvalue weighted by molar-refractivity contribution is -0.139. The summed E-state index contributed by atoms with van der Waals surface area (Å²) in [6.45, 7) is 0.0300. The van der Waals surface area contributed by atoms with Gasteiger partial charge in [-0.05, 0) is 23.8 Å². The number of halogens is 2. The summed E-state index contributed by atoms with van der Waals surface area (Å²) in [6, 6.07) is 12.1. The zero-order chi connectivity index (χ0) is 16.8. The Morgan fingerprint density at radius 3 is 2.48 bits per heavy atom. The molecule has 0 fully saturated rings. The molecular weight excluding hydrogens is 341 g/mol. The van der Waals surface area contributed by atoms with Gasteiger partial charge in [0.2, 0.25) is 0 Å². The van der Waals surface area contributed by atoms with Gasteiger partial charge in [-0.15, -0.1) is 0 Å². The van der Waals surface area contributed by atoms with Crippen molar-refractivity contribution in [1.82, 2.24) is 5.32 Å². The summed E-state index contributed by atoms with van der Waals surface area (Å²) in [4.78, 5) is 23.2. The summed E-state index contributed by atoms with van der Waals surface area (Å²) in [5, 5.41) is 12.1. The van der Waals surface area contributed by atoms with Crippen LogP contribution < -0.4 is 5.32 Å². The molecule has 0 radical (unpaired) electrons. The Bertz CT molecular complexity index is 706. The number of carbonyl (C=O) groups excluding carboxylic acids is 1. The highest BCUT2D eigenvalue weighted by atomic mass is 35.5. The number of ether oxygens (including phenoxy) is 1. The first-order valence-corrected chi connectivity index (χ1v) is 7.38. The van der Waals surface area contributed by atoms with E-state index < -0.39 is 18.1 Å². The van der Waals surface area contributed by atoms with Gasteiger partial charge in [-0.1, -0.05) is 53.5 Å². The SMILES string of the molecule is O=C(NC(C(=O)O)c1cc(Cl)ccc1Cl)OCc1ccccc1. The Kier molecular flexibility index (Phi) is 5.84. The van der Waals surface area contributed by atoms with Crippen molar-refractivity contribution in [3.63, 3.8) is 0 Å². The van der Waals surface area contributed by atoms with Crippen LogP contribution in [0.3, 0.4) is 0 Å². The van der Waals surface area contributed by atoms with E-state index in [1.54, 1.807) is 12.1 Å². The van der Waals surface area contributed by atoms with Crippen LogP contribution in [0.25, 0.3) is 0 Å². The maximum absolute atomic E-state index is 11.8. The van der Waals surface area contributed by atoms with Crippen molar-refractivity contribution in [2.24, 2.45) is 0 Å². The van der Waals surface area contributed by atoms with Crippen molar-refractivity contribution in [1.29, 1.82) is 0 Å². The number of benzene rings is 2. The molecule has 23 heavy (non-hydrogen) atoms. The van der Waals surface area contributed by atoms with Crippen LogP contribution in [0.4, 0.5) is 4.79 Å². The minimum absolute atomic E-state index is 0.0300. The molecule has 7 heteroatoms. The third kappa shape index (κ3) is 4.87. The fourth-order valence-corrected chi connectivity index (χ4v) is 2.30. The van der Waals surface area contributed by atoms with Gasteiger partial charge in [0.25, 0.3) is 0 Å². The van der Waals surface area contributed by atoms with E-state index in [1.807, 2.05) is 18.2 Å². The van der Waals surface area contributed by atoms with Gasteiger partial charge in [0, 0.05) is 15.6 Å². The van der Waals surface area contributed by atoms with Crippen LogP contribution in [0.5, 0.6) is 0 Å². The summed E-state index contributed by atoms with van der Waals surface area (Å²) in [5.41, 5.74) is 0.971. The molecule has 0 spiro atoms. The average molecular weight is 354 g/mol. The molecule has 2 N–H and O–H groups in total. The van der Waals surface area contributed by atoms with E-state index in [-0.39, 0.29) is 17.2 Å². The van der Waals surface area contributed by atoms with Gasteiger partial charge in [-0.2, -0.15) is 0 Å². The Hall–Kier alpha value is -2.24. The van der Waals surface area contributed by atoms with Crippen LogP contribution in [-0.4, -0.2) is 17.2 Å². The highest BCUT2D eigenvalue weighted by Crippen LogP contribution is 2.26. The van der Waals surface area contributed by atoms with Gasteiger partial charge >= 0.3 is 12.1 Å². The van der Waals surface area contributed by atoms with Crippen molar-refractivity contribution in [2.45, 2.75) is 12.6 Å². The van der Waals surface area contributed by atoms with Crippen LogP contribution in [0.1, 0.15) is 17.2 Å². The Morgan fingerprint density at radius 1 is 1.13 bits per heavy atom. The Morgan fingerprint density at radius 2 is 1.83 bits per heavy atom. The molecular formula is C16H13Cl2NO4. The van der Waals surface area contributed by atoms with E-state index in [4.69, 9.17) is 27.9 Å². The molecule has 0 aliphatic carbocycles. The molecule has 0 saturated heterocycles. The smallest absolute Gasteiger partial charge is 0.408 e. The van der Waals surface area contributed by atoms with Crippen molar-refractivity contribution in [2.75, 3.05) is 0 Å². The van der Waals surface area contributed by atoms with Crippen LogP contribution in [0.15, 0.2) is 48.5 Å². The summed E-state index contributed by atoms with van der Waals surface area (Å²) in [6.07, 6.45) is -0.864. The van der Waals surface area contributed by atoms with Crippen molar-refractivity contribution in [3.05, 3.63) is 69.7 Å². The number of carboxylic acid groups (broad SMARTS) is 1. The van der Waals surface area contributed by atoms with Crippen LogP contribution in [0.2, 0.25) is 10.0 Å². The second-order valence-electron chi connectivity index (χ2n) is 4.64. The van der Waals surface area contributed by atoms with Crippen LogP contribution in [0, 0.1) is 0 Å². The van der Waals surface area contributed by atoms with Crippen molar-refractivity contribution in [3.8, 4) is 0 Å². The molecule has 2 aromatic carbocycles.